The van der Waals surface area contributed by atoms with Crippen LogP contribution in [0.3, 0.4) is 0 Å². The third-order valence-corrected chi connectivity index (χ3v) is 4.76. The molecule has 1 aliphatic rings. The zero-order valence-electron chi connectivity index (χ0n) is 9.09. The molecular formula is C11H16Br2N2O. The van der Waals surface area contributed by atoms with Gasteiger partial charge in [0.2, 0.25) is 0 Å². The number of furan rings is 1. The van der Waals surface area contributed by atoms with Crippen LogP contribution in [0.15, 0.2) is 19.6 Å². The van der Waals surface area contributed by atoms with E-state index in [-0.39, 0.29) is 6.04 Å². The number of likely N-dealkylation sites (tertiary alicyclic amines) is 1. The molecule has 90 valence electrons. The molecule has 0 aromatic carbocycles. The summed E-state index contributed by atoms with van der Waals surface area (Å²) in [5, 5.41) is 0. The average molecular weight is 352 g/mol. The van der Waals surface area contributed by atoms with Crippen LogP contribution in [0.1, 0.15) is 31.1 Å². The molecule has 1 unspecified atom stereocenters. The molecule has 0 radical (unpaired) electrons. The van der Waals surface area contributed by atoms with Gasteiger partial charge in [0.05, 0.1) is 10.5 Å². The highest BCUT2D eigenvalue weighted by molar-refractivity contribution is 9.13. The molecule has 2 heterocycles. The number of nitrogens with zero attached hydrogens (tertiary/aromatic N) is 1. The van der Waals surface area contributed by atoms with Gasteiger partial charge in [-0.15, -0.1) is 0 Å². The monoisotopic (exact) mass is 350 g/mol. The van der Waals surface area contributed by atoms with Crippen LogP contribution in [0, 0.1) is 0 Å². The molecule has 0 amide bonds. The first-order valence-corrected chi connectivity index (χ1v) is 7.20. The molecule has 1 aromatic heterocycles. The molecule has 3 nitrogen and oxygen atoms in total. The molecule has 0 saturated carbocycles. The molecule has 1 atom stereocenters. The van der Waals surface area contributed by atoms with Crippen LogP contribution in [0.2, 0.25) is 0 Å². The fourth-order valence-corrected chi connectivity index (χ4v) is 2.81. The SMILES string of the molecule is NCC(c1cc(Br)c(Br)o1)N1CCCCC1. The molecule has 16 heavy (non-hydrogen) atoms. The van der Waals surface area contributed by atoms with Gasteiger partial charge in [-0.05, 0) is 63.9 Å². The van der Waals surface area contributed by atoms with Crippen LogP contribution < -0.4 is 5.73 Å². The van der Waals surface area contributed by atoms with Gasteiger partial charge in [0.1, 0.15) is 5.76 Å². The largest absolute Gasteiger partial charge is 0.451 e. The number of rotatable bonds is 3. The Kier molecular flexibility index (Phi) is 4.47. The van der Waals surface area contributed by atoms with Gasteiger partial charge in [-0.1, -0.05) is 6.42 Å². The van der Waals surface area contributed by atoms with Gasteiger partial charge in [-0.2, -0.15) is 0 Å². The van der Waals surface area contributed by atoms with Crippen molar-refractivity contribution >= 4 is 31.9 Å². The van der Waals surface area contributed by atoms with Gasteiger partial charge in [0.15, 0.2) is 4.67 Å². The van der Waals surface area contributed by atoms with Crippen molar-refractivity contribution in [1.29, 1.82) is 0 Å². The third-order valence-electron chi connectivity index (χ3n) is 3.05. The first-order valence-electron chi connectivity index (χ1n) is 5.61. The fourth-order valence-electron chi connectivity index (χ4n) is 2.20. The summed E-state index contributed by atoms with van der Waals surface area (Å²) < 4.78 is 7.37. The lowest BCUT2D eigenvalue weighted by atomic mass is 10.1. The second-order valence-corrected chi connectivity index (χ2v) is 5.69. The maximum atomic E-state index is 5.86. The minimum atomic E-state index is 0.211. The van der Waals surface area contributed by atoms with Crippen molar-refractivity contribution in [3.8, 4) is 0 Å². The molecule has 2 rings (SSSR count). The number of hydrogen-bond acceptors (Lipinski definition) is 3. The lowest BCUT2D eigenvalue weighted by Crippen LogP contribution is -2.37. The van der Waals surface area contributed by atoms with Crippen LogP contribution in [-0.4, -0.2) is 24.5 Å². The van der Waals surface area contributed by atoms with Crippen molar-refractivity contribution in [2.45, 2.75) is 25.3 Å². The quantitative estimate of drug-likeness (QED) is 0.908. The van der Waals surface area contributed by atoms with Gasteiger partial charge in [0.25, 0.3) is 0 Å². The molecule has 5 heteroatoms. The minimum Gasteiger partial charge on any atom is -0.451 e. The Balaban J connectivity index is 2.14. The predicted molar refractivity (Wildman–Crippen MR) is 71.3 cm³/mol. The first-order chi connectivity index (χ1) is 7.72. The lowest BCUT2D eigenvalue weighted by molar-refractivity contribution is 0.149. The van der Waals surface area contributed by atoms with Crippen LogP contribution >= 0.6 is 31.9 Å². The Hall–Kier alpha value is 0.160. The molecule has 0 spiro atoms. The van der Waals surface area contributed by atoms with E-state index in [9.17, 15) is 0 Å². The van der Waals surface area contributed by atoms with Crippen molar-refractivity contribution in [2.24, 2.45) is 5.73 Å². The fraction of sp³-hybridized carbons (Fsp3) is 0.636. The Morgan fingerprint density at radius 3 is 2.50 bits per heavy atom. The third kappa shape index (κ3) is 2.70. The van der Waals surface area contributed by atoms with Crippen molar-refractivity contribution < 1.29 is 4.42 Å². The zero-order valence-corrected chi connectivity index (χ0v) is 12.3. The van der Waals surface area contributed by atoms with E-state index in [1.165, 1.54) is 19.3 Å². The van der Waals surface area contributed by atoms with Crippen LogP contribution in [-0.2, 0) is 0 Å². The normalized spacial score (nSPS) is 19.9. The molecule has 1 saturated heterocycles. The molecule has 0 bridgehead atoms. The molecule has 1 aromatic rings. The van der Waals surface area contributed by atoms with Crippen molar-refractivity contribution in [2.75, 3.05) is 19.6 Å². The Bertz CT molecular complexity index is 328. The summed E-state index contributed by atoms with van der Waals surface area (Å²) in [6, 6.07) is 2.22. The highest BCUT2D eigenvalue weighted by Crippen LogP contribution is 2.32. The summed E-state index contributed by atoms with van der Waals surface area (Å²) in [6.07, 6.45) is 3.86. The second-order valence-electron chi connectivity index (χ2n) is 4.12. The average Bonchev–Trinajstić information content (AvgIpc) is 2.61. The van der Waals surface area contributed by atoms with E-state index in [1.54, 1.807) is 0 Å². The molecular weight excluding hydrogens is 336 g/mol. The molecule has 2 N–H and O–H groups in total. The van der Waals surface area contributed by atoms with Crippen molar-refractivity contribution in [3.05, 3.63) is 21.0 Å². The maximum Gasteiger partial charge on any atom is 0.183 e. The highest BCUT2D eigenvalue weighted by Gasteiger charge is 2.24. The van der Waals surface area contributed by atoms with Gasteiger partial charge in [-0.25, -0.2) is 0 Å². The van der Waals surface area contributed by atoms with Crippen LogP contribution in [0.4, 0.5) is 0 Å². The second kappa shape index (κ2) is 5.67. The van der Waals surface area contributed by atoms with E-state index in [4.69, 9.17) is 10.2 Å². The minimum absolute atomic E-state index is 0.211. The van der Waals surface area contributed by atoms with Gasteiger partial charge >= 0.3 is 0 Å². The molecule has 0 aliphatic carbocycles. The maximum absolute atomic E-state index is 5.86. The van der Waals surface area contributed by atoms with E-state index >= 15 is 0 Å². The predicted octanol–water partition coefficient (Wildman–Crippen LogP) is 3.29. The van der Waals surface area contributed by atoms with Crippen molar-refractivity contribution in [3.63, 3.8) is 0 Å². The number of hydrogen-bond donors (Lipinski definition) is 1. The van der Waals surface area contributed by atoms with Crippen LogP contribution in [0.5, 0.6) is 0 Å². The Morgan fingerprint density at radius 2 is 2.00 bits per heavy atom. The lowest BCUT2D eigenvalue weighted by Gasteiger charge is -2.32. The van der Waals surface area contributed by atoms with E-state index < -0.39 is 0 Å². The summed E-state index contributed by atoms with van der Waals surface area (Å²) in [5.74, 6) is 0.947. The van der Waals surface area contributed by atoms with E-state index in [0.717, 1.165) is 28.0 Å². The summed E-state index contributed by atoms with van der Waals surface area (Å²) in [5.41, 5.74) is 5.86. The summed E-state index contributed by atoms with van der Waals surface area (Å²) in [4.78, 5) is 2.42. The first kappa shape index (κ1) is 12.6. The smallest absolute Gasteiger partial charge is 0.183 e. The van der Waals surface area contributed by atoms with E-state index in [2.05, 4.69) is 36.8 Å². The summed E-state index contributed by atoms with van der Waals surface area (Å²) in [7, 11) is 0. The number of halogens is 2. The topological polar surface area (TPSA) is 42.4 Å². The van der Waals surface area contributed by atoms with E-state index in [0.29, 0.717) is 6.54 Å². The Morgan fingerprint density at radius 1 is 1.31 bits per heavy atom. The van der Waals surface area contributed by atoms with Crippen LogP contribution in [0.25, 0.3) is 0 Å². The highest BCUT2D eigenvalue weighted by atomic mass is 79.9. The summed E-state index contributed by atoms with van der Waals surface area (Å²) in [6.45, 7) is 2.85. The van der Waals surface area contributed by atoms with Crippen molar-refractivity contribution in [1.82, 2.24) is 4.90 Å². The zero-order chi connectivity index (χ0) is 11.5. The van der Waals surface area contributed by atoms with E-state index in [1.807, 2.05) is 6.07 Å². The molecule has 1 fully saturated rings. The summed E-state index contributed by atoms with van der Waals surface area (Å²) >= 11 is 6.80. The standard InChI is InChI=1S/C11H16Br2N2O/c12-8-6-10(16-11(8)13)9(7-14)15-4-2-1-3-5-15/h6,9H,1-5,7,14H2. The van der Waals surface area contributed by atoms with Gasteiger partial charge in [-0.3, -0.25) is 4.90 Å². The number of piperidine rings is 1. The number of nitrogens with two attached hydrogens (primary N) is 1. The Labute approximate surface area is 113 Å². The van der Waals surface area contributed by atoms with Gasteiger partial charge in [0, 0.05) is 6.54 Å². The molecule has 1 aliphatic heterocycles. The van der Waals surface area contributed by atoms with Gasteiger partial charge < -0.3 is 10.2 Å².